The van der Waals surface area contributed by atoms with Crippen LogP contribution in [0.2, 0.25) is 4.34 Å². The Balaban J connectivity index is 1.95. The monoisotopic (exact) mass is 324 g/mol. The van der Waals surface area contributed by atoms with Crippen LogP contribution in [0.25, 0.3) is 0 Å². The van der Waals surface area contributed by atoms with Crippen molar-refractivity contribution in [2.75, 3.05) is 0 Å². The summed E-state index contributed by atoms with van der Waals surface area (Å²) >= 11 is 7.39. The number of rotatable bonds is 4. The first-order chi connectivity index (χ1) is 10.8. The summed E-state index contributed by atoms with van der Waals surface area (Å²) in [6.07, 6.45) is 1.72. The fraction of sp³-hybridized carbons (Fsp3) is 0. The van der Waals surface area contributed by atoms with Gasteiger partial charge in [-0.05, 0) is 12.1 Å². The van der Waals surface area contributed by atoms with Gasteiger partial charge in [0.25, 0.3) is 0 Å². The van der Waals surface area contributed by atoms with Gasteiger partial charge in [-0.25, -0.2) is 0 Å². The highest BCUT2D eigenvalue weighted by molar-refractivity contribution is 7.17. The maximum atomic E-state index is 5.91. The normalized spacial score (nSPS) is 10.8. The summed E-state index contributed by atoms with van der Waals surface area (Å²) < 4.78 is 0.747. The Morgan fingerprint density at radius 1 is 0.818 bits per heavy atom. The third-order valence-corrected chi connectivity index (χ3v) is 4.20. The molecule has 0 radical (unpaired) electrons. The molecular weight excluding hydrogens is 312 g/mol. The van der Waals surface area contributed by atoms with E-state index in [0.717, 1.165) is 26.1 Å². The number of hydrogen-bond donors (Lipinski definition) is 0. The molecule has 3 rings (SSSR count). The lowest BCUT2D eigenvalue weighted by Crippen LogP contribution is -2.02. The molecule has 0 bridgehead atoms. The summed E-state index contributed by atoms with van der Waals surface area (Å²) in [5.41, 5.74) is 2.92. The fourth-order valence-electron chi connectivity index (χ4n) is 2.02. The van der Waals surface area contributed by atoms with Gasteiger partial charge in [0.2, 0.25) is 0 Å². The van der Waals surface area contributed by atoms with Gasteiger partial charge in [0.15, 0.2) is 0 Å². The van der Waals surface area contributed by atoms with Crippen LogP contribution in [0.4, 0.5) is 0 Å². The molecule has 0 aliphatic heterocycles. The molecule has 0 saturated carbocycles. The third-order valence-electron chi connectivity index (χ3n) is 3.03. The number of halogens is 1. The van der Waals surface area contributed by atoms with Crippen LogP contribution in [0, 0.1) is 0 Å². The first-order valence-electron chi connectivity index (χ1n) is 6.80. The van der Waals surface area contributed by atoms with Crippen molar-refractivity contribution >= 4 is 34.9 Å². The smallest absolute Gasteiger partial charge is 0.100 e. The van der Waals surface area contributed by atoms with Crippen LogP contribution in [0.15, 0.2) is 83.0 Å². The van der Waals surface area contributed by atoms with E-state index in [-0.39, 0.29) is 0 Å². The molecule has 108 valence electrons. The Labute approximate surface area is 138 Å². The summed E-state index contributed by atoms with van der Waals surface area (Å²) in [6, 6.07) is 23.9. The van der Waals surface area contributed by atoms with Crippen LogP contribution < -0.4 is 0 Å². The molecule has 0 spiro atoms. The standard InChI is InChI=1S/C18H13ClN2S/c19-17-12-11-16(22-17)13-20-21-18(14-7-3-1-4-8-14)15-9-5-2-6-10-15/h1-13H. The molecule has 4 heteroatoms. The van der Waals surface area contributed by atoms with E-state index in [9.17, 15) is 0 Å². The number of hydrogen-bond acceptors (Lipinski definition) is 3. The largest absolute Gasteiger partial charge is 0.157 e. The first kappa shape index (κ1) is 14.7. The molecule has 1 heterocycles. The zero-order valence-corrected chi connectivity index (χ0v) is 13.3. The predicted molar refractivity (Wildman–Crippen MR) is 95.4 cm³/mol. The minimum absolute atomic E-state index is 0.747. The van der Waals surface area contributed by atoms with Gasteiger partial charge in [-0.1, -0.05) is 72.3 Å². The minimum Gasteiger partial charge on any atom is -0.157 e. The van der Waals surface area contributed by atoms with Crippen LogP contribution >= 0.6 is 22.9 Å². The maximum absolute atomic E-state index is 5.91. The SMILES string of the molecule is Clc1ccc(C=NN=C(c2ccccc2)c2ccccc2)s1. The third kappa shape index (κ3) is 3.70. The highest BCUT2D eigenvalue weighted by Gasteiger charge is 2.05. The van der Waals surface area contributed by atoms with Crippen LogP contribution in [-0.4, -0.2) is 11.9 Å². The van der Waals surface area contributed by atoms with Crippen LogP contribution in [0.1, 0.15) is 16.0 Å². The average molecular weight is 325 g/mol. The minimum atomic E-state index is 0.747. The number of nitrogens with zero attached hydrogens (tertiary/aromatic N) is 2. The van der Waals surface area contributed by atoms with Gasteiger partial charge in [-0.3, -0.25) is 0 Å². The molecule has 0 aliphatic carbocycles. The predicted octanol–water partition coefficient (Wildman–Crippen LogP) is 5.27. The molecule has 1 aromatic heterocycles. The lowest BCUT2D eigenvalue weighted by atomic mass is 10.0. The Morgan fingerprint density at radius 2 is 1.41 bits per heavy atom. The molecule has 0 fully saturated rings. The quantitative estimate of drug-likeness (QED) is 0.461. The molecule has 0 unspecified atom stereocenters. The summed E-state index contributed by atoms with van der Waals surface area (Å²) in [5, 5.41) is 8.64. The van der Waals surface area contributed by atoms with E-state index >= 15 is 0 Å². The molecule has 2 aromatic carbocycles. The lowest BCUT2D eigenvalue weighted by Gasteiger charge is -2.04. The Morgan fingerprint density at radius 3 is 1.91 bits per heavy atom. The molecule has 0 aliphatic rings. The van der Waals surface area contributed by atoms with Gasteiger partial charge in [-0.15, -0.1) is 16.4 Å². The summed E-state index contributed by atoms with van der Waals surface area (Å²) in [7, 11) is 0. The molecule has 0 atom stereocenters. The van der Waals surface area contributed by atoms with E-state index in [2.05, 4.69) is 10.2 Å². The Hall–Kier alpha value is -2.23. The molecule has 2 nitrogen and oxygen atoms in total. The van der Waals surface area contributed by atoms with Gasteiger partial charge in [0, 0.05) is 16.0 Å². The summed E-state index contributed by atoms with van der Waals surface area (Å²) in [5.74, 6) is 0. The van der Waals surface area contributed by atoms with Crippen molar-refractivity contribution < 1.29 is 0 Å². The highest BCUT2D eigenvalue weighted by atomic mass is 35.5. The van der Waals surface area contributed by atoms with Gasteiger partial charge in [-0.2, -0.15) is 5.10 Å². The van der Waals surface area contributed by atoms with Crippen molar-refractivity contribution in [3.8, 4) is 0 Å². The zero-order chi connectivity index (χ0) is 15.2. The van der Waals surface area contributed by atoms with Gasteiger partial charge in [0.1, 0.15) is 5.71 Å². The lowest BCUT2D eigenvalue weighted by molar-refractivity contribution is 1.25. The second kappa shape index (κ2) is 7.16. The maximum Gasteiger partial charge on any atom is 0.100 e. The molecule has 0 saturated heterocycles. The fourth-order valence-corrected chi connectivity index (χ4v) is 2.94. The van der Waals surface area contributed by atoms with E-state index in [1.807, 2.05) is 72.8 Å². The van der Waals surface area contributed by atoms with Gasteiger partial charge < -0.3 is 0 Å². The number of benzene rings is 2. The van der Waals surface area contributed by atoms with Gasteiger partial charge >= 0.3 is 0 Å². The van der Waals surface area contributed by atoms with Gasteiger partial charge in [0.05, 0.1) is 10.6 Å². The van der Waals surface area contributed by atoms with Crippen molar-refractivity contribution in [1.29, 1.82) is 0 Å². The van der Waals surface area contributed by atoms with E-state index < -0.39 is 0 Å². The molecule has 22 heavy (non-hydrogen) atoms. The summed E-state index contributed by atoms with van der Waals surface area (Å²) in [6.45, 7) is 0. The van der Waals surface area contributed by atoms with E-state index in [0.29, 0.717) is 0 Å². The highest BCUT2D eigenvalue weighted by Crippen LogP contribution is 2.19. The Kier molecular flexibility index (Phi) is 4.78. The van der Waals surface area contributed by atoms with Crippen molar-refractivity contribution in [2.45, 2.75) is 0 Å². The van der Waals surface area contributed by atoms with Crippen LogP contribution in [0.3, 0.4) is 0 Å². The Bertz CT molecular complexity index is 751. The van der Waals surface area contributed by atoms with Crippen LogP contribution in [0.5, 0.6) is 0 Å². The van der Waals surface area contributed by atoms with E-state index in [1.165, 1.54) is 11.3 Å². The first-order valence-corrected chi connectivity index (χ1v) is 7.99. The van der Waals surface area contributed by atoms with E-state index in [4.69, 9.17) is 11.6 Å². The molecule has 0 N–H and O–H groups in total. The van der Waals surface area contributed by atoms with Crippen molar-refractivity contribution in [3.05, 3.63) is 93.1 Å². The van der Waals surface area contributed by atoms with Crippen molar-refractivity contribution in [2.24, 2.45) is 10.2 Å². The van der Waals surface area contributed by atoms with E-state index in [1.54, 1.807) is 6.21 Å². The molecule has 0 amide bonds. The second-order valence-electron chi connectivity index (χ2n) is 4.57. The summed E-state index contributed by atoms with van der Waals surface area (Å²) in [4.78, 5) is 0.981. The molecule has 3 aromatic rings. The number of thiophene rings is 1. The topological polar surface area (TPSA) is 24.7 Å². The van der Waals surface area contributed by atoms with Crippen molar-refractivity contribution in [3.63, 3.8) is 0 Å². The van der Waals surface area contributed by atoms with Crippen molar-refractivity contribution in [1.82, 2.24) is 0 Å². The zero-order valence-electron chi connectivity index (χ0n) is 11.7. The second-order valence-corrected chi connectivity index (χ2v) is 6.31. The molecular formula is C18H13ClN2S. The average Bonchev–Trinajstić information content (AvgIpc) is 2.99. The van der Waals surface area contributed by atoms with Crippen LogP contribution in [-0.2, 0) is 0 Å².